The minimum Gasteiger partial charge on any atom is -0.454 e. The van der Waals surface area contributed by atoms with Crippen molar-refractivity contribution in [3.63, 3.8) is 0 Å². The number of aromatic nitrogens is 1. The number of nitrogens with zero attached hydrogens (tertiary/aromatic N) is 3. The lowest BCUT2D eigenvalue weighted by molar-refractivity contribution is 0.122. The van der Waals surface area contributed by atoms with Crippen LogP contribution in [-0.4, -0.2) is 61.3 Å². The van der Waals surface area contributed by atoms with Gasteiger partial charge in [0.2, 0.25) is 16.8 Å². The van der Waals surface area contributed by atoms with E-state index in [9.17, 15) is 8.42 Å². The second-order valence-electron chi connectivity index (χ2n) is 7.05. The molecule has 7 nitrogen and oxygen atoms in total. The van der Waals surface area contributed by atoms with Crippen LogP contribution in [0.15, 0.2) is 36.7 Å². The van der Waals surface area contributed by atoms with E-state index in [0.717, 1.165) is 34.7 Å². The van der Waals surface area contributed by atoms with E-state index in [-0.39, 0.29) is 12.8 Å². The van der Waals surface area contributed by atoms with Crippen LogP contribution in [0.2, 0.25) is 0 Å². The zero-order valence-electron chi connectivity index (χ0n) is 15.5. The summed E-state index contributed by atoms with van der Waals surface area (Å²) in [6, 6.07) is 8.19. The SMILES string of the molecule is CC1CN(S(C)(=O)=O)CCN1Cc1cc2c(c(-c3ccncc3)c1)OCO2. The minimum atomic E-state index is -3.14. The number of hydrogen-bond donors (Lipinski definition) is 0. The summed E-state index contributed by atoms with van der Waals surface area (Å²) in [5.41, 5.74) is 3.14. The van der Waals surface area contributed by atoms with Gasteiger partial charge >= 0.3 is 0 Å². The quantitative estimate of drug-likeness (QED) is 0.796. The van der Waals surface area contributed by atoms with Crippen molar-refractivity contribution in [3.8, 4) is 22.6 Å². The first-order valence-corrected chi connectivity index (χ1v) is 10.8. The topological polar surface area (TPSA) is 72.0 Å². The van der Waals surface area contributed by atoms with Crippen molar-refractivity contribution in [2.75, 3.05) is 32.7 Å². The monoisotopic (exact) mass is 389 g/mol. The predicted molar refractivity (Wildman–Crippen MR) is 102 cm³/mol. The first-order valence-electron chi connectivity index (χ1n) is 8.94. The third-order valence-electron chi connectivity index (χ3n) is 5.11. The van der Waals surface area contributed by atoms with Gasteiger partial charge in [0.1, 0.15) is 0 Å². The highest BCUT2D eigenvalue weighted by atomic mass is 32.2. The van der Waals surface area contributed by atoms with E-state index in [1.54, 1.807) is 16.7 Å². The van der Waals surface area contributed by atoms with E-state index in [4.69, 9.17) is 9.47 Å². The molecule has 0 bridgehead atoms. The molecule has 0 amide bonds. The van der Waals surface area contributed by atoms with Gasteiger partial charge in [-0.3, -0.25) is 9.88 Å². The van der Waals surface area contributed by atoms with Crippen molar-refractivity contribution in [2.45, 2.75) is 19.5 Å². The molecule has 1 unspecified atom stereocenters. The smallest absolute Gasteiger partial charge is 0.231 e. The van der Waals surface area contributed by atoms with Crippen LogP contribution in [0.5, 0.6) is 11.5 Å². The van der Waals surface area contributed by atoms with Gasteiger partial charge in [0, 0.05) is 50.2 Å². The zero-order chi connectivity index (χ0) is 19.0. The summed E-state index contributed by atoms with van der Waals surface area (Å²) in [7, 11) is -3.14. The largest absolute Gasteiger partial charge is 0.454 e. The van der Waals surface area contributed by atoms with Crippen molar-refractivity contribution >= 4 is 10.0 Å². The van der Waals surface area contributed by atoms with Gasteiger partial charge in [0.15, 0.2) is 11.5 Å². The fourth-order valence-electron chi connectivity index (χ4n) is 3.64. The first kappa shape index (κ1) is 18.2. The summed E-state index contributed by atoms with van der Waals surface area (Å²) in [6.45, 7) is 4.75. The van der Waals surface area contributed by atoms with Crippen molar-refractivity contribution in [1.82, 2.24) is 14.2 Å². The van der Waals surface area contributed by atoms with Gasteiger partial charge in [-0.05, 0) is 42.3 Å². The lowest BCUT2D eigenvalue weighted by atomic mass is 10.0. The molecule has 2 aliphatic rings. The molecule has 0 radical (unpaired) electrons. The average Bonchev–Trinajstić information content (AvgIpc) is 3.11. The molecule has 0 spiro atoms. The number of pyridine rings is 1. The van der Waals surface area contributed by atoms with E-state index in [2.05, 4.69) is 22.9 Å². The number of ether oxygens (including phenoxy) is 2. The molecule has 144 valence electrons. The normalized spacial score (nSPS) is 20.7. The lowest BCUT2D eigenvalue weighted by Gasteiger charge is -2.38. The van der Waals surface area contributed by atoms with E-state index in [1.807, 2.05) is 18.2 Å². The second kappa shape index (κ2) is 7.10. The van der Waals surface area contributed by atoms with E-state index >= 15 is 0 Å². The molecule has 2 aromatic rings. The molecule has 4 rings (SSSR count). The van der Waals surface area contributed by atoms with Crippen molar-refractivity contribution < 1.29 is 17.9 Å². The van der Waals surface area contributed by atoms with Crippen LogP contribution >= 0.6 is 0 Å². The van der Waals surface area contributed by atoms with Crippen LogP contribution in [0.25, 0.3) is 11.1 Å². The van der Waals surface area contributed by atoms with Gasteiger partial charge in [0.05, 0.1) is 6.26 Å². The van der Waals surface area contributed by atoms with Gasteiger partial charge in [-0.15, -0.1) is 0 Å². The summed E-state index contributed by atoms with van der Waals surface area (Å²) < 4.78 is 36.5. The van der Waals surface area contributed by atoms with Gasteiger partial charge in [0.25, 0.3) is 0 Å². The number of fused-ring (bicyclic) bond motifs is 1. The Hall–Kier alpha value is -2.16. The lowest BCUT2D eigenvalue weighted by Crippen LogP contribution is -2.52. The number of hydrogen-bond acceptors (Lipinski definition) is 6. The summed E-state index contributed by atoms with van der Waals surface area (Å²) in [5.74, 6) is 1.52. The molecule has 1 aromatic carbocycles. The Morgan fingerprint density at radius 1 is 1.19 bits per heavy atom. The van der Waals surface area contributed by atoms with Crippen LogP contribution in [0.4, 0.5) is 0 Å². The first-order chi connectivity index (χ1) is 12.9. The fraction of sp³-hybridized carbons (Fsp3) is 0.421. The van der Waals surface area contributed by atoms with Crippen molar-refractivity contribution in [2.24, 2.45) is 0 Å². The predicted octanol–water partition coefficient (Wildman–Crippen LogP) is 1.94. The summed E-state index contributed by atoms with van der Waals surface area (Å²) in [6.07, 6.45) is 4.79. The van der Waals surface area contributed by atoms with Crippen LogP contribution in [0.1, 0.15) is 12.5 Å². The molecule has 1 atom stereocenters. The molecule has 3 heterocycles. The Kier molecular flexibility index (Phi) is 4.79. The Morgan fingerprint density at radius 2 is 1.96 bits per heavy atom. The molecule has 2 aliphatic heterocycles. The third-order valence-corrected chi connectivity index (χ3v) is 6.38. The highest BCUT2D eigenvalue weighted by Crippen LogP contribution is 2.42. The highest BCUT2D eigenvalue weighted by Gasteiger charge is 2.29. The molecule has 27 heavy (non-hydrogen) atoms. The van der Waals surface area contributed by atoms with Crippen molar-refractivity contribution in [1.29, 1.82) is 0 Å². The Balaban J connectivity index is 1.59. The molecule has 8 heteroatoms. The summed E-state index contributed by atoms with van der Waals surface area (Å²) in [4.78, 5) is 6.38. The van der Waals surface area contributed by atoms with E-state index in [0.29, 0.717) is 19.6 Å². The molecule has 0 saturated carbocycles. The van der Waals surface area contributed by atoms with Crippen LogP contribution in [0.3, 0.4) is 0 Å². The van der Waals surface area contributed by atoms with Crippen molar-refractivity contribution in [3.05, 3.63) is 42.2 Å². The Bertz CT molecular complexity index is 933. The van der Waals surface area contributed by atoms with Gasteiger partial charge in [-0.1, -0.05) is 0 Å². The van der Waals surface area contributed by atoms with Crippen LogP contribution in [-0.2, 0) is 16.6 Å². The average molecular weight is 389 g/mol. The van der Waals surface area contributed by atoms with Gasteiger partial charge in [-0.2, -0.15) is 4.31 Å². The van der Waals surface area contributed by atoms with Gasteiger partial charge in [-0.25, -0.2) is 8.42 Å². The maximum atomic E-state index is 11.8. The number of benzene rings is 1. The number of piperazine rings is 1. The maximum absolute atomic E-state index is 11.8. The maximum Gasteiger partial charge on any atom is 0.231 e. The third kappa shape index (κ3) is 3.78. The summed E-state index contributed by atoms with van der Waals surface area (Å²) >= 11 is 0. The van der Waals surface area contributed by atoms with Crippen LogP contribution in [0, 0.1) is 0 Å². The molecule has 1 aromatic heterocycles. The van der Waals surface area contributed by atoms with Gasteiger partial charge < -0.3 is 9.47 Å². The molecule has 0 aliphatic carbocycles. The Morgan fingerprint density at radius 3 is 2.67 bits per heavy atom. The molecule has 1 fully saturated rings. The van der Waals surface area contributed by atoms with E-state index in [1.165, 1.54) is 6.26 Å². The fourth-order valence-corrected chi connectivity index (χ4v) is 4.54. The molecular weight excluding hydrogens is 366 g/mol. The standard InChI is InChI=1S/C19H23N3O4S/c1-14-11-22(27(2,23)24)8-7-21(14)12-15-9-17(16-3-5-20-6-4-16)19-18(10-15)25-13-26-19/h3-6,9-10,14H,7-8,11-13H2,1-2H3. The molecule has 1 saturated heterocycles. The van der Waals surface area contributed by atoms with Crippen LogP contribution < -0.4 is 9.47 Å². The minimum absolute atomic E-state index is 0.142. The van der Waals surface area contributed by atoms with E-state index < -0.39 is 10.0 Å². The molecular formula is C19H23N3O4S. The Labute approximate surface area is 159 Å². The summed E-state index contributed by atoms with van der Waals surface area (Å²) in [5, 5.41) is 0. The zero-order valence-corrected chi connectivity index (χ0v) is 16.3. The second-order valence-corrected chi connectivity index (χ2v) is 9.04. The highest BCUT2D eigenvalue weighted by molar-refractivity contribution is 7.88. The number of sulfonamides is 1. The number of rotatable bonds is 4. The molecule has 0 N–H and O–H groups in total.